The summed E-state index contributed by atoms with van der Waals surface area (Å²) in [5, 5.41) is 11.5. The van der Waals surface area contributed by atoms with Gasteiger partial charge >= 0.3 is 0 Å². The minimum absolute atomic E-state index is 0.177. The van der Waals surface area contributed by atoms with Gasteiger partial charge in [0.1, 0.15) is 5.82 Å². The van der Waals surface area contributed by atoms with Gasteiger partial charge < -0.3 is 14.6 Å². The molecule has 0 bridgehead atoms. The number of hydrogen-bond donors (Lipinski definition) is 1. The number of benzene rings is 2. The maximum absolute atomic E-state index is 13.3. The summed E-state index contributed by atoms with van der Waals surface area (Å²) < 4.78 is 25.2. The van der Waals surface area contributed by atoms with Gasteiger partial charge in [-0.05, 0) is 62.9 Å². The minimum atomic E-state index is -1.69. The summed E-state index contributed by atoms with van der Waals surface area (Å²) in [7, 11) is 0. The van der Waals surface area contributed by atoms with E-state index in [9.17, 15) is 9.50 Å². The lowest BCUT2D eigenvalue weighted by molar-refractivity contribution is -0.393. The topological polar surface area (TPSA) is 38.7 Å². The summed E-state index contributed by atoms with van der Waals surface area (Å²) in [6.07, 6.45) is 7.51. The molecule has 0 saturated heterocycles. The predicted octanol–water partition coefficient (Wildman–Crippen LogP) is 7.82. The van der Waals surface area contributed by atoms with Crippen LogP contribution in [0.2, 0.25) is 0 Å². The number of ether oxygens (including phenoxy) is 2. The summed E-state index contributed by atoms with van der Waals surface area (Å²) in [5.41, 5.74) is 2.94. The average molecular weight is 445 g/mol. The van der Waals surface area contributed by atoms with E-state index in [0.717, 1.165) is 36.0 Å². The first kappa shape index (κ1) is 26.5. The molecule has 4 heteroatoms. The van der Waals surface area contributed by atoms with Crippen molar-refractivity contribution in [1.82, 2.24) is 0 Å². The molecule has 0 heterocycles. The maximum atomic E-state index is 13.3. The van der Waals surface area contributed by atoms with Crippen molar-refractivity contribution in [3.63, 3.8) is 0 Å². The number of halogens is 1. The van der Waals surface area contributed by atoms with Gasteiger partial charge in [0.2, 0.25) is 0 Å². The van der Waals surface area contributed by atoms with Crippen LogP contribution in [0.15, 0.2) is 48.5 Å². The largest absolute Gasteiger partial charge is 0.343 e. The third-order valence-electron chi connectivity index (χ3n) is 5.59. The molecule has 0 aliphatic rings. The molecule has 0 radical (unpaired) electrons. The molecule has 1 N–H and O–H groups in total. The fourth-order valence-corrected chi connectivity index (χ4v) is 4.11. The summed E-state index contributed by atoms with van der Waals surface area (Å²) >= 11 is 0. The molecule has 0 spiro atoms. The van der Waals surface area contributed by atoms with Crippen LogP contribution in [0.5, 0.6) is 0 Å². The normalized spacial score (nSPS) is 13.2. The van der Waals surface area contributed by atoms with E-state index < -0.39 is 5.97 Å². The van der Waals surface area contributed by atoms with Crippen LogP contribution in [0.25, 0.3) is 11.1 Å². The average Bonchev–Trinajstić information content (AvgIpc) is 2.73. The third-order valence-corrected chi connectivity index (χ3v) is 5.59. The van der Waals surface area contributed by atoms with Gasteiger partial charge in [-0.15, -0.1) is 0 Å². The Labute approximate surface area is 194 Å². The van der Waals surface area contributed by atoms with Gasteiger partial charge in [-0.1, -0.05) is 81.8 Å². The quantitative estimate of drug-likeness (QED) is 0.238. The summed E-state index contributed by atoms with van der Waals surface area (Å²) in [5.74, 6) is -2.24. The van der Waals surface area contributed by atoms with Gasteiger partial charge in [0, 0.05) is 0 Å². The lowest BCUT2D eigenvalue weighted by Gasteiger charge is -2.38. The first-order valence-electron chi connectivity index (χ1n) is 12.2. The van der Waals surface area contributed by atoms with Crippen LogP contribution in [-0.4, -0.2) is 23.3 Å². The van der Waals surface area contributed by atoms with Gasteiger partial charge in [-0.25, -0.2) is 4.39 Å². The van der Waals surface area contributed by atoms with Crippen molar-refractivity contribution in [3.05, 3.63) is 59.9 Å². The number of unbranched alkanes of at least 4 members (excludes halogenated alkanes) is 5. The third kappa shape index (κ3) is 8.31. The Morgan fingerprint density at radius 1 is 0.750 bits per heavy atom. The van der Waals surface area contributed by atoms with E-state index in [0.29, 0.717) is 0 Å². The summed E-state index contributed by atoms with van der Waals surface area (Å²) in [6.45, 7) is 9.86. The summed E-state index contributed by atoms with van der Waals surface area (Å²) in [4.78, 5) is 0. The Bertz CT molecular complexity index is 758. The Balaban J connectivity index is 2.26. The van der Waals surface area contributed by atoms with E-state index in [1.165, 1.54) is 37.8 Å². The molecule has 0 saturated carbocycles. The second kappa shape index (κ2) is 13.1. The highest BCUT2D eigenvalue weighted by Gasteiger charge is 2.42. The molecule has 3 nitrogen and oxygen atoms in total. The lowest BCUT2D eigenvalue weighted by Crippen LogP contribution is -2.45. The van der Waals surface area contributed by atoms with Crippen molar-refractivity contribution in [1.29, 1.82) is 0 Å². The van der Waals surface area contributed by atoms with Gasteiger partial charge in [-0.3, -0.25) is 0 Å². The smallest absolute Gasteiger partial charge is 0.288 e. The molecule has 1 unspecified atom stereocenters. The highest BCUT2D eigenvalue weighted by Crippen LogP contribution is 2.38. The monoisotopic (exact) mass is 444 g/mol. The van der Waals surface area contributed by atoms with Crippen LogP contribution in [-0.2, 0) is 9.47 Å². The molecule has 0 aliphatic heterocycles. The van der Waals surface area contributed by atoms with Crippen LogP contribution in [0.1, 0.15) is 91.0 Å². The van der Waals surface area contributed by atoms with Crippen LogP contribution in [0, 0.1) is 5.82 Å². The highest BCUT2D eigenvalue weighted by molar-refractivity contribution is 5.63. The first-order chi connectivity index (χ1) is 15.2. The zero-order valence-electron chi connectivity index (χ0n) is 20.4. The van der Waals surface area contributed by atoms with Crippen molar-refractivity contribution in [2.45, 2.75) is 104 Å². The Hall–Kier alpha value is -1.75. The molecule has 0 aromatic heterocycles. The Morgan fingerprint density at radius 3 is 1.72 bits per heavy atom. The Morgan fingerprint density at radius 2 is 1.22 bits per heavy atom. The van der Waals surface area contributed by atoms with Gasteiger partial charge in [0.15, 0.2) is 0 Å². The predicted molar refractivity (Wildman–Crippen MR) is 130 cm³/mol. The SMILES string of the molecule is CCCCCCCCC(c1ccc(-c2ccc(F)cc2)cc1)C(O)(OC(C)C)OC(C)C. The van der Waals surface area contributed by atoms with Gasteiger partial charge in [-0.2, -0.15) is 0 Å². The first-order valence-corrected chi connectivity index (χ1v) is 12.2. The molecule has 32 heavy (non-hydrogen) atoms. The minimum Gasteiger partial charge on any atom is -0.343 e. The van der Waals surface area contributed by atoms with Crippen LogP contribution >= 0.6 is 0 Å². The molecule has 0 fully saturated rings. The zero-order chi connectivity index (χ0) is 23.6. The van der Waals surface area contributed by atoms with E-state index >= 15 is 0 Å². The van der Waals surface area contributed by atoms with E-state index in [1.54, 1.807) is 12.1 Å². The number of rotatable bonds is 14. The summed E-state index contributed by atoms with van der Waals surface area (Å²) in [6, 6.07) is 14.6. The van der Waals surface area contributed by atoms with E-state index in [-0.39, 0.29) is 23.9 Å². The van der Waals surface area contributed by atoms with Crippen molar-refractivity contribution in [2.24, 2.45) is 0 Å². The molecular weight excluding hydrogens is 403 g/mol. The van der Waals surface area contributed by atoms with Crippen molar-refractivity contribution >= 4 is 0 Å². The lowest BCUT2D eigenvalue weighted by atomic mass is 9.89. The molecule has 0 amide bonds. The molecule has 2 aromatic rings. The number of aliphatic hydroxyl groups is 1. The maximum Gasteiger partial charge on any atom is 0.288 e. The molecule has 2 rings (SSSR count). The van der Waals surface area contributed by atoms with Gasteiger partial charge in [0.05, 0.1) is 18.1 Å². The zero-order valence-corrected chi connectivity index (χ0v) is 20.4. The van der Waals surface area contributed by atoms with Gasteiger partial charge in [0.25, 0.3) is 5.97 Å². The molecular formula is C28H41FO3. The van der Waals surface area contributed by atoms with Crippen LogP contribution in [0.4, 0.5) is 4.39 Å². The number of hydrogen-bond acceptors (Lipinski definition) is 3. The van der Waals surface area contributed by atoms with Crippen LogP contribution in [0.3, 0.4) is 0 Å². The molecule has 2 aromatic carbocycles. The molecule has 178 valence electrons. The Kier molecular flexibility index (Phi) is 10.8. The van der Waals surface area contributed by atoms with E-state index in [4.69, 9.17) is 9.47 Å². The standard InChI is InChI=1S/C28H41FO3/c1-6-7-8-9-10-11-12-27(28(30,31-21(2)3)32-22(4)5)25-15-13-23(14-16-25)24-17-19-26(29)20-18-24/h13-22,27,30H,6-12H2,1-5H3. The van der Waals surface area contributed by atoms with Crippen LogP contribution < -0.4 is 0 Å². The fourth-order valence-electron chi connectivity index (χ4n) is 4.11. The second-order valence-corrected chi connectivity index (χ2v) is 9.20. The van der Waals surface area contributed by atoms with Crippen molar-refractivity contribution in [2.75, 3.05) is 0 Å². The molecule has 1 atom stereocenters. The molecule has 0 aliphatic carbocycles. The fraction of sp³-hybridized carbons (Fsp3) is 0.571. The van der Waals surface area contributed by atoms with E-state index in [2.05, 4.69) is 6.92 Å². The second-order valence-electron chi connectivity index (χ2n) is 9.20. The van der Waals surface area contributed by atoms with Crippen molar-refractivity contribution in [3.8, 4) is 11.1 Å². The van der Waals surface area contributed by atoms with E-state index in [1.807, 2.05) is 52.0 Å². The highest BCUT2D eigenvalue weighted by atomic mass is 19.1. The van der Waals surface area contributed by atoms with Crippen molar-refractivity contribution < 1.29 is 19.0 Å².